The van der Waals surface area contributed by atoms with Crippen molar-refractivity contribution < 1.29 is 14.3 Å². The number of carbonyl (C=O) groups is 1. The van der Waals surface area contributed by atoms with Crippen LogP contribution in [-0.4, -0.2) is 5.78 Å². The molecule has 0 atom stereocenters. The van der Waals surface area contributed by atoms with Crippen molar-refractivity contribution >= 4 is 51.0 Å². The number of allylic oxidation sites excluding steroid dienone is 1. The summed E-state index contributed by atoms with van der Waals surface area (Å²) in [7, 11) is 0. The molecule has 0 saturated carbocycles. The first kappa shape index (κ1) is 20.0. The lowest BCUT2D eigenvalue weighted by Crippen LogP contribution is -1.98. The Morgan fingerprint density at radius 1 is 1.03 bits per heavy atom. The minimum Gasteiger partial charge on any atom is -0.488 e. The van der Waals surface area contributed by atoms with E-state index in [1.165, 1.54) is 0 Å². The highest BCUT2D eigenvalue weighted by Crippen LogP contribution is 2.40. The Labute approximate surface area is 187 Å². The van der Waals surface area contributed by atoms with Crippen LogP contribution in [-0.2, 0) is 6.61 Å². The van der Waals surface area contributed by atoms with Crippen LogP contribution in [0.2, 0.25) is 10.0 Å². The van der Waals surface area contributed by atoms with Crippen molar-refractivity contribution in [3.8, 4) is 11.5 Å². The molecular formula is C23H15BrCl2O3. The van der Waals surface area contributed by atoms with Crippen molar-refractivity contribution in [2.75, 3.05) is 0 Å². The molecule has 3 aromatic carbocycles. The highest BCUT2D eigenvalue weighted by atomic mass is 79.9. The number of carbonyl (C=O) groups excluding carboxylic acids is 1. The molecule has 0 spiro atoms. The number of hydrogen-bond acceptors (Lipinski definition) is 3. The molecule has 1 aliphatic rings. The molecule has 3 aromatic rings. The first-order valence-electron chi connectivity index (χ1n) is 8.83. The van der Waals surface area contributed by atoms with Gasteiger partial charge in [0.15, 0.2) is 5.76 Å². The zero-order chi connectivity index (χ0) is 20.5. The number of benzene rings is 3. The molecule has 0 radical (unpaired) electrons. The van der Waals surface area contributed by atoms with Crippen molar-refractivity contribution in [1.29, 1.82) is 0 Å². The SMILES string of the molecule is Cc1c(OCc2ccc(Br)cc2)ccc2c1O/C(=C\c1c(Cl)cccc1Cl)C2=O. The van der Waals surface area contributed by atoms with E-state index in [0.717, 1.165) is 15.6 Å². The minimum absolute atomic E-state index is 0.183. The van der Waals surface area contributed by atoms with Gasteiger partial charge in [-0.3, -0.25) is 4.79 Å². The van der Waals surface area contributed by atoms with Crippen LogP contribution in [0.3, 0.4) is 0 Å². The molecule has 0 fully saturated rings. The van der Waals surface area contributed by atoms with Gasteiger partial charge in [0.2, 0.25) is 5.78 Å². The van der Waals surface area contributed by atoms with Gasteiger partial charge in [-0.1, -0.05) is 57.3 Å². The average Bonchev–Trinajstić information content (AvgIpc) is 3.02. The van der Waals surface area contributed by atoms with Gasteiger partial charge in [0.1, 0.15) is 18.1 Å². The van der Waals surface area contributed by atoms with E-state index in [1.807, 2.05) is 31.2 Å². The molecule has 1 aliphatic heterocycles. The Balaban J connectivity index is 1.60. The van der Waals surface area contributed by atoms with Crippen molar-refractivity contribution in [2.45, 2.75) is 13.5 Å². The maximum absolute atomic E-state index is 12.8. The number of hydrogen-bond donors (Lipinski definition) is 0. The van der Waals surface area contributed by atoms with Crippen LogP contribution in [0.25, 0.3) is 6.08 Å². The predicted octanol–water partition coefficient (Wildman–Crippen LogP) is 7.26. The van der Waals surface area contributed by atoms with E-state index in [-0.39, 0.29) is 11.5 Å². The summed E-state index contributed by atoms with van der Waals surface area (Å²) in [5, 5.41) is 0.903. The van der Waals surface area contributed by atoms with Gasteiger partial charge in [0, 0.05) is 25.6 Å². The van der Waals surface area contributed by atoms with E-state index >= 15 is 0 Å². The molecule has 6 heteroatoms. The van der Waals surface area contributed by atoms with Gasteiger partial charge in [-0.05, 0) is 55.0 Å². The van der Waals surface area contributed by atoms with E-state index in [9.17, 15) is 4.79 Å². The van der Waals surface area contributed by atoms with Gasteiger partial charge in [-0.15, -0.1) is 0 Å². The first-order valence-corrected chi connectivity index (χ1v) is 10.4. The summed E-state index contributed by atoms with van der Waals surface area (Å²) >= 11 is 15.8. The van der Waals surface area contributed by atoms with Crippen LogP contribution in [0.15, 0.2) is 64.8 Å². The number of rotatable bonds is 4. The Bertz CT molecular complexity index is 1120. The standard InChI is InChI=1S/C23H15BrCl2O3/c1-13-20(28-12-14-5-7-15(24)8-6-14)10-9-16-22(27)21(29-23(13)16)11-17-18(25)3-2-4-19(17)26/h2-11H,12H2,1H3/b21-11-. The second kappa shape index (κ2) is 8.23. The third-order valence-corrected chi connectivity index (χ3v) is 5.81. The monoisotopic (exact) mass is 488 g/mol. The summed E-state index contributed by atoms with van der Waals surface area (Å²) < 4.78 is 12.8. The Kier molecular flexibility index (Phi) is 5.68. The highest BCUT2D eigenvalue weighted by molar-refractivity contribution is 9.10. The maximum Gasteiger partial charge on any atom is 0.231 e. The lowest BCUT2D eigenvalue weighted by molar-refractivity contribution is 0.101. The van der Waals surface area contributed by atoms with E-state index in [2.05, 4.69) is 15.9 Å². The average molecular weight is 490 g/mol. The molecular weight excluding hydrogens is 475 g/mol. The lowest BCUT2D eigenvalue weighted by atomic mass is 10.1. The van der Waals surface area contributed by atoms with Crippen LogP contribution in [0.5, 0.6) is 11.5 Å². The van der Waals surface area contributed by atoms with Crippen molar-refractivity contribution in [3.63, 3.8) is 0 Å². The van der Waals surface area contributed by atoms with E-state index in [0.29, 0.717) is 39.3 Å². The third-order valence-electron chi connectivity index (χ3n) is 4.62. The predicted molar refractivity (Wildman–Crippen MR) is 119 cm³/mol. The molecule has 4 rings (SSSR count). The molecule has 29 heavy (non-hydrogen) atoms. The lowest BCUT2D eigenvalue weighted by Gasteiger charge is -2.11. The van der Waals surface area contributed by atoms with Gasteiger partial charge < -0.3 is 9.47 Å². The number of fused-ring (bicyclic) bond motifs is 1. The third kappa shape index (κ3) is 4.06. The Hall–Kier alpha value is -2.27. The van der Waals surface area contributed by atoms with Crippen LogP contribution in [0.1, 0.15) is 27.0 Å². The highest BCUT2D eigenvalue weighted by Gasteiger charge is 2.30. The van der Waals surface area contributed by atoms with E-state index < -0.39 is 0 Å². The topological polar surface area (TPSA) is 35.5 Å². The van der Waals surface area contributed by atoms with Gasteiger partial charge in [-0.2, -0.15) is 0 Å². The van der Waals surface area contributed by atoms with Gasteiger partial charge in [-0.25, -0.2) is 0 Å². The molecule has 0 N–H and O–H groups in total. The molecule has 0 aromatic heterocycles. The quantitative estimate of drug-likeness (QED) is 0.362. The van der Waals surface area contributed by atoms with Crippen molar-refractivity contribution in [1.82, 2.24) is 0 Å². The number of ether oxygens (including phenoxy) is 2. The van der Waals surface area contributed by atoms with Crippen molar-refractivity contribution in [3.05, 3.63) is 97.1 Å². The molecule has 3 nitrogen and oxygen atoms in total. The van der Waals surface area contributed by atoms with Gasteiger partial charge in [0.25, 0.3) is 0 Å². The molecule has 0 saturated heterocycles. The van der Waals surface area contributed by atoms with E-state index in [1.54, 1.807) is 36.4 Å². The molecule has 0 bridgehead atoms. The molecule has 0 unspecified atom stereocenters. The zero-order valence-corrected chi connectivity index (χ0v) is 18.4. The molecule has 0 aliphatic carbocycles. The maximum atomic E-state index is 12.8. The Morgan fingerprint density at radius 3 is 2.41 bits per heavy atom. The summed E-state index contributed by atoms with van der Waals surface area (Å²) in [6.07, 6.45) is 1.58. The fraction of sp³-hybridized carbons (Fsp3) is 0.0870. The minimum atomic E-state index is -0.210. The molecule has 0 amide bonds. The van der Waals surface area contributed by atoms with Gasteiger partial charge >= 0.3 is 0 Å². The number of ketones is 1. The summed E-state index contributed by atoms with van der Waals surface area (Å²) in [6.45, 7) is 2.28. The largest absolute Gasteiger partial charge is 0.488 e. The Morgan fingerprint density at radius 2 is 1.72 bits per heavy atom. The molecule has 1 heterocycles. The second-order valence-electron chi connectivity index (χ2n) is 6.56. The van der Waals surface area contributed by atoms with Crippen LogP contribution in [0.4, 0.5) is 0 Å². The smallest absolute Gasteiger partial charge is 0.231 e. The fourth-order valence-electron chi connectivity index (χ4n) is 3.05. The van der Waals surface area contributed by atoms with Crippen LogP contribution in [0, 0.1) is 6.92 Å². The second-order valence-corrected chi connectivity index (χ2v) is 8.29. The first-order chi connectivity index (χ1) is 13.9. The summed E-state index contributed by atoms with van der Waals surface area (Å²) in [6, 6.07) is 16.6. The summed E-state index contributed by atoms with van der Waals surface area (Å²) in [5.74, 6) is 1.14. The number of halogens is 3. The summed E-state index contributed by atoms with van der Waals surface area (Å²) in [5.41, 5.74) is 2.85. The van der Waals surface area contributed by atoms with E-state index in [4.69, 9.17) is 32.7 Å². The normalized spacial score (nSPS) is 14.1. The fourth-order valence-corrected chi connectivity index (χ4v) is 3.82. The van der Waals surface area contributed by atoms with Crippen LogP contribution >= 0.6 is 39.1 Å². The summed E-state index contributed by atoms with van der Waals surface area (Å²) in [4.78, 5) is 12.8. The zero-order valence-electron chi connectivity index (χ0n) is 15.3. The van der Waals surface area contributed by atoms with Gasteiger partial charge in [0.05, 0.1) is 5.56 Å². The van der Waals surface area contributed by atoms with Crippen molar-refractivity contribution in [2.24, 2.45) is 0 Å². The van der Waals surface area contributed by atoms with Crippen LogP contribution < -0.4 is 9.47 Å². The number of Topliss-reactive ketones (excluding diaryl/α,β-unsaturated/α-hetero) is 1. The molecule has 146 valence electrons.